The Kier molecular flexibility index (Phi) is 7.61. The van der Waals surface area contributed by atoms with Crippen LogP contribution in [0, 0.1) is 6.92 Å². The van der Waals surface area contributed by atoms with Gasteiger partial charge < -0.3 is 4.74 Å². The third-order valence-electron chi connectivity index (χ3n) is 4.39. The number of hydrogen-bond acceptors (Lipinski definition) is 4. The molecule has 3 rings (SSSR count). The van der Waals surface area contributed by atoms with E-state index in [0.29, 0.717) is 13.0 Å². The second-order valence-corrected chi connectivity index (χ2v) is 9.21. The van der Waals surface area contributed by atoms with Crippen molar-refractivity contribution in [2.75, 3.05) is 6.61 Å². The molecular formula is C23H23BrO4S. The molecule has 1 atom stereocenters. The average molecular weight is 475 g/mol. The van der Waals surface area contributed by atoms with Crippen LogP contribution in [0.1, 0.15) is 16.7 Å². The van der Waals surface area contributed by atoms with Crippen molar-refractivity contribution in [1.82, 2.24) is 0 Å². The Bertz CT molecular complexity index is 1020. The zero-order valence-corrected chi connectivity index (χ0v) is 18.5. The number of halogens is 1. The highest BCUT2D eigenvalue weighted by Gasteiger charge is 2.23. The van der Waals surface area contributed by atoms with Gasteiger partial charge in [0.25, 0.3) is 10.1 Å². The van der Waals surface area contributed by atoms with Crippen LogP contribution in [0.25, 0.3) is 0 Å². The first kappa shape index (κ1) is 21.7. The van der Waals surface area contributed by atoms with Gasteiger partial charge in [0, 0.05) is 10.9 Å². The summed E-state index contributed by atoms with van der Waals surface area (Å²) in [5.41, 5.74) is 2.97. The zero-order chi connectivity index (χ0) is 20.7. The first-order chi connectivity index (χ1) is 13.9. The topological polar surface area (TPSA) is 52.6 Å². The molecule has 0 unspecified atom stereocenters. The first-order valence-corrected chi connectivity index (χ1v) is 11.5. The highest BCUT2D eigenvalue weighted by molar-refractivity contribution is 9.10. The summed E-state index contributed by atoms with van der Waals surface area (Å²) in [7, 11) is -3.90. The fourth-order valence-electron chi connectivity index (χ4n) is 2.85. The van der Waals surface area contributed by atoms with Crippen molar-refractivity contribution in [3.05, 3.63) is 100 Å². The summed E-state index contributed by atoms with van der Waals surface area (Å²) >= 11 is 3.52. The Labute approximate surface area is 180 Å². The molecule has 6 heteroatoms. The minimum absolute atomic E-state index is 0.142. The van der Waals surface area contributed by atoms with E-state index >= 15 is 0 Å². The van der Waals surface area contributed by atoms with E-state index in [9.17, 15) is 8.42 Å². The van der Waals surface area contributed by atoms with Gasteiger partial charge in [-0.1, -0.05) is 82.2 Å². The van der Waals surface area contributed by atoms with Crippen molar-refractivity contribution in [1.29, 1.82) is 0 Å². The van der Waals surface area contributed by atoms with E-state index in [4.69, 9.17) is 8.92 Å². The maximum Gasteiger partial charge on any atom is 0.297 e. The molecule has 0 amide bonds. The lowest BCUT2D eigenvalue weighted by Crippen LogP contribution is -2.26. The number of rotatable bonds is 9. The van der Waals surface area contributed by atoms with Gasteiger partial charge in [0.1, 0.15) is 6.10 Å². The van der Waals surface area contributed by atoms with Crippen molar-refractivity contribution in [3.8, 4) is 0 Å². The van der Waals surface area contributed by atoms with Crippen LogP contribution in [0.3, 0.4) is 0 Å². The third kappa shape index (κ3) is 6.51. The van der Waals surface area contributed by atoms with E-state index in [1.54, 1.807) is 24.3 Å². The Morgan fingerprint density at radius 1 is 0.897 bits per heavy atom. The molecule has 0 heterocycles. The number of ether oxygens (including phenoxy) is 1. The van der Waals surface area contributed by atoms with Crippen LogP contribution in [0.5, 0.6) is 0 Å². The number of hydrogen-bond donors (Lipinski definition) is 0. The van der Waals surface area contributed by atoms with Crippen molar-refractivity contribution in [2.24, 2.45) is 0 Å². The van der Waals surface area contributed by atoms with Crippen molar-refractivity contribution < 1.29 is 17.3 Å². The molecule has 0 spiro atoms. The lowest BCUT2D eigenvalue weighted by molar-refractivity contribution is 0.0442. The van der Waals surface area contributed by atoms with Gasteiger partial charge in [-0.25, -0.2) is 0 Å². The number of aryl methyl sites for hydroxylation is 1. The van der Waals surface area contributed by atoms with Crippen LogP contribution in [-0.2, 0) is 32.1 Å². The molecule has 0 saturated carbocycles. The van der Waals surface area contributed by atoms with Crippen LogP contribution >= 0.6 is 15.9 Å². The smallest absolute Gasteiger partial charge is 0.297 e. The normalized spacial score (nSPS) is 12.6. The van der Waals surface area contributed by atoms with E-state index in [2.05, 4.69) is 15.9 Å². The molecule has 0 aliphatic heterocycles. The molecule has 0 fully saturated rings. The lowest BCUT2D eigenvalue weighted by Gasteiger charge is -2.19. The molecule has 0 aromatic heterocycles. The molecule has 152 valence electrons. The van der Waals surface area contributed by atoms with E-state index in [1.807, 2.05) is 61.5 Å². The first-order valence-electron chi connectivity index (χ1n) is 9.29. The Hall–Kier alpha value is -1.99. The molecule has 0 aliphatic rings. The van der Waals surface area contributed by atoms with Crippen LogP contribution in [0.4, 0.5) is 0 Å². The van der Waals surface area contributed by atoms with Gasteiger partial charge in [0.05, 0.1) is 18.1 Å². The lowest BCUT2D eigenvalue weighted by atomic mass is 10.1. The molecule has 0 aliphatic carbocycles. The van der Waals surface area contributed by atoms with Gasteiger partial charge >= 0.3 is 0 Å². The standard InChI is InChI=1S/C23H23BrO4S/c1-18-11-13-22(14-12-18)29(25,26)28-21(15-20-9-5-6-10-23(20)24)17-27-16-19-7-3-2-4-8-19/h2-14,21H,15-17H2,1H3/t21-/m0/s1. The largest absolute Gasteiger partial charge is 0.374 e. The van der Waals surface area contributed by atoms with Crippen LogP contribution < -0.4 is 0 Å². The average Bonchev–Trinajstić information content (AvgIpc) is 2.70. The monoisotopic (exact) mass is 474 g/mol. The Balaban J connectivity index is 1.74. The van der Waals surface area contributed by atoms with Gasteiger partial charge in [0.2, 0.25) is 0 Å². The molecule has 0 bridgehead atoms. The molecule has 29 heavy (non-hydrogen) atoms. The highest BCUT2D eigenvalue weighted by Crippen LogP contribution is 2.22. The molecule has 3 aromatic carbocycles. The maximum absolute atomic E-state index is 12.8. The van der Waals surface area contributed by atoms with E-state index in [0.717, 1.165) is 21.2 Å². The molecule has 3 aromatic rings. The van der Waals surface area contributed by atoms with Crippen LogP contribution in [-0.4, -0.2) is 21.1 Å². The summed E-state index contributed by atoms with van der Waals surface area (Å²) in [6.07, 6.45) is -0.245. The van der Waals surface area contributed by atoms with Gasteiger partial charge in [-0.15, -0.1) is 0 Å². The molecule has 0 N–H and O–H groups in total. The summed E-state index contributed by atoms with van der Waals surface area (Å²) in [6.45, 7) is 2.45. The van der Waals surface area contributed by atoms with E-state index in [-0.39, 0.29) is 11.5 Å². The maximum atomic E-state index is 12.8. The fraction of sp³-hybridized carbons (Fsp3) is 0.217. The zero-order valence-electron chi connectivity index (χ0n) is 16.1. The predicted molar refractivity (Wildman–Crippen MR) is 117 cm³/mol. The molecule has 0 saturated heterocycles. The third-order valence-corrected chi connectivity index (χ3v) is 6.54. The van der Waals surface area contributed by atoms with Gasteiger partial charge in [-0.3, -0.25) is 4.18 Å². The van der Waals surface area contributed by atoms with E-state index < -0.39 is 16.2 Å². The number of benzene rings is 3. The predicted octanol–water partition coefficient (Wildman–Crippen LogP) is 5.29. The van der Waals surface area contributed by atoms with Gasteiger partial charge in [-0.05, 0) is 36.2 Å². The van der Waals surface area contributed by atoms with Gasteiger partial charge in [-0.2, -0.15) is 8.42 Å². The molecular weight excluding hydrogens is 452 g/mol. The summed E-state index contributed by atoms with van der Waals surface area (Å²) in [4.78, 5) is 0.142. The van der Waals surface area contributed by atoms with Crippen LogP contribution in [0.15, 0.2) is 88.2 Å². The fourth-order valence-corrected chi connectivity index (χ4v) is 4.36. The Morgan fingerprint density at radius 2 is 1.55 bits per heavy atom. The summed E-state index contributed by atoms with van der Waals surface area (Å²) in [6, 6.07) is 24.1. The van der Waals surface area contributed by atoms with Crippen molar-refractivity contribution in [3.63, 3.8) is 0 Å². The minimum atomic E-state index is -3.90. The summed E-state index contributed by atoms with van der Waals surface area (Å²) in [5.74, 6) is 0. The highest BCUT2D eigenvalue weighted by atomic mass is 79.9. The van der Waals surface area contributed by atoms with Crippen molar-refractivity contribution >= 4 is 26.0 Å². The second kappa shape index (κ2) is 10.2. The SMILES string of the molecule is Cc1ccc(S(=O)(=O)O[C@H](COCc2ccccc2)Cc2ccccc2Br)cc1. The molecule has 0 radical (unpaired) electrons. The summed E-state index contributed by atoms with van der Waals surface area (Å²) in [5, 5.41) is 0. The Morgan fingerprint density at radius 3 is 2.24 bits per heavy atom. The van der Waals surface area contributed by atoms with Crippen LogP contribution in [0.2, 0.25) is 0 Å². The van der Waals surface area contributed by atoms with Crippen molar-refractivity contribution in [2.45, 2.75) is 31.0 Å². The quantitative estimate of drug-likeness (QED) is 0.395. The second-order valence-electron chi connectivity index (χ2n) is 6.78. The minimum Gasteiger partial charge on any atom is -0.374 e. The molecule has 4 nitrogen and oxygen atoms in total. The van der Waals surface area contributed by atoms with E-state index in [1.165, 1.54) is 0 Å². The summed E-state index contributed by atoms with van der Waals surface area (Å²) < 4.78 is 37.8. The van der Waals surface area contributed by atoms with Gasteiger partial charge in [0.15, 0.2) is 0 Å².